The fourth-order valence-corrected chi connectivity index (χ4v) is 3.86. The summed E-state index contributed by atoms with van der Waals surface area (Å²) in [5, 5.41) is 12.4. The lowest BCUT2D eigenvalue weighted by Crippen LogP contribution is -2.32. The molecule has 0 fully saturated rings. The van der Waals surface area contributed by atoms with Gasteiger partial charge in [-0.1, -0.05) is 12.1 Å². The molecule has 1 N–H and O–H groups in total. The number of carbonyl (C=O) groups excluding carboxylic acids is 1. The van der Waals surface area contributed by atoms with E-state index in [4.69, 9.17) is 4.74 Å². The number of imidazole rings is 1. The number of hydrogen-bond acceptors (Lipinski definition) is 7. The summed E-state index contributed by atoms with van der Waals surface area (Å²) >= 11 is 1.06. The van der Waals surface area contributed by atoms with E-state index < -0.39 is 5.97 Å². The molecule has 3 aromatic rings. The Morgan fingerprint density at radius 2 is 2.14 bits per heavy atom. The monoisotopic (exact) mass is 397 g/mol. The fraction of sp³-hybridized carbons (Fsp3) is 0.263. The molecule has 0 saturated heterocycles. The van der Waals surface area contributed by atoms with Crippen molar-refractivity contribution in [3.63, 3.8) is 0 Å². The van der Waals surface area contributed by atoms with Gasteiger partial charge in [-0.05, 0) is 26.0 Å². The van der Waals surface area contributed by atoms with Crippen molar-refractivity contribution in [3.05, 3.63) is 43.8 Å². The number of nitriles is 1. The van der Waals surface area contributed by atoms with Crippen molar-refractivity contribution in [1.29, 1.82) is 5.26 Å². The van der Waals surface area contributed by atoms with Crippen LogP contribution in [0.3, 0.4) is 0 Å². The maximum atomic E-state index is 12.7. The van der Waals surface area contributed by atoms with Gasteiger partial charge < -0.3 is 14.6 Å². The summed E-state index contributed by atoms with van der Waals surface area (Å²) in [6.45, 7) is 3.92. The number of anilines is 1. The molecule has 0 bridgehead atoms. The lowest BCUT2D eigenvalue weighted by molar-refractivity contribution is -0.136. The Morgan fingerprint density at radius 3 is 2.79 bits per heavy atom. The van der Waals surface area contributed by atoms with Crippen molar-refractivity contribution in [1.82, 2.24) is 14.1 Å². The van der Waals surface area contributed by atoms with Crippen LogP contribution in [0.2, 0.25) is 0 Å². The minimum Gasteiger partial charge on any atom is -0.462 e. The van der Waals surface area contributed by atoms with Crippen LogP contribution in [0, 0.1) is 11.3 Å². The number of esters is 1. The van der Waals surface area contributed by atoms with Gasteiger partial charge in [0.25, 0.3) is 5.56 Å². The average molecular weight is 397 g/mol. The maximum absolute atomic E-state index is 12.7. The van der Waals surface area contributed by atoms with Gasteiger partial charge in [-0.15, -0.1) is 11.3 Å². The van der Waals surface area contributed by atoms with E-state index in [1.165, 1.54) is 4.57 Å². The normalized spacial score (nSPS) is 12.7. The van der Waals surface area contributed by atoms with Crippen molar-refractivity contribution >= 4 is 46.1 Å². The Hall–Kier alpha value is -3.38. The molecule has 0 atom stereocenters. The molecule has 1 aromatic carbocycles. The Morgan fingerprint density at radius 1 is 1.39 bits per heavy atom. The summed E-state index contributed by atoms with van der Waals surface area (Å²) in [7, 11) is 1.87. The van der Waals surface area contributed by atoms with Crippen LogP contribution in [-0.2, 0) is 23.1 Å². The van der Waals surface area contributed by atoms with E-state index in [1.54, 1.807) is 20.0 Å². The van der Waals surface area contributed by atoms with Gasteiger partial charge in [0.1, 0.15) is 15.3 Å². The predicted octanol–water partition coefficient (Wildman–Crippen LogP) is 0.904. The second kappa shape index (κ2) is 8.10. The first-order chi connectivity index (χ1) is 13.5. The Kier molecular flexibility index (Phi) is 5.61. The first-order valence-corrected chi connectivity index (χ1v) is 9.52. The van der Waals surface area contributed by atoms with E-state index in [0.29, 0.717) is 17.0 Å². The van der Waals surface area contributed by atoms with Gasteiger partial charge in [-0.25, -0.2) is 9.78 Å². The molecule has 8 nitrogen and oxygen atoms in total. The number of aryl methyl sites for hydroxylation is 1. The third kappa shape index (κ3) is 3.42. The Balaban J connectivity index is 2.11. The maximum Gasteiger partial charge on any atom is 0.351 e. The topological polar surface area (TPSA) is 102 Å². The molecule has 0 unspecified atom stereocenters. The quantitative estimate of drug-likeness (QED) is 0.642. The molecular formula is C19H19N5O3S. The highest BCUT2D eigenvalue weighted by Crippen LogP contribution is 2.17. The lowest BCUT2D eigenvalue weighted by Gasteiger charge is -2.00. The highest BCUT2D eigenvalue weighted by Gasteiger charge is 2.16. The van der Waals surface area contributed by atoms with Crippen molar-refractivity contribution < 1.29 is 9.53 Å². The van der Waals surface area contributed by atoms with Crippen LogP contribution in [0.15, 0.2) is 29.1 Å². The zero-order chi connectivity index (χ0) is 20.3. The lowest BCUT2D eigenvalue weighted by atomic mass is 10.3. The highest BCUT2D eigenvalue weighted by atomic mass is 32.1. The molecule has 0 aliphatic rings. The molecule has 0 radical (unpaired) electrons. The van der Waals surface area contributed by atoms with E-state index in [-0.39, 0.29) is 22.4 Å². The van der Waals surface area contributed by atoms with Crippen LogP contribution in [0.25, 0.3) is 22.8 Å². The van der Waals surface area contributed by atoms with Crippen LogP contribution < -0.4 is 20.1 Å². The molecule has 9 heteroatoms. The molecule has 3 rings (SSSR count). The summed E-state index contributed by atoms with van der Waals surface area (Å²) in [4.78, 5) is 29.3. The van der Waals surface area contributed by atoms with E-state index >= 15 is 0 Å². The van der Waals surface area contributed by atoms with Crippen molar-refractivity contribution in [2.45, 2.75) is 20.4 Å². The number of nitrogens with one attached hydrogen (secondary N) is 1. The number of carbonyl (C=O) groups is 1. The number of fused-ring (bicyclic) bond motifs is 1. The number of rotatable bonds is 5. The minimum absolute atomic E-state index is 0.152. The van der Waals surface area contributed by atoms with E-state index in [9.17, 15) is 14.9 Å². The third-order valence-electron chi connectivity index (χ3n) is 4.15. The second-order valence-corrected chi connectivity index (χ2v) is 6.83. The summed E-state index contributed by atoms with van der Waals surface area (Å²) in [5.41, 5.74) is 1.33. The summed E-state index contributed by atoms with van der Waals surface area (Å²) in [5.74, 6) is -0.156. The SMILES string of the molecule is CCOC(=O)C(C#N)=c1sc(=CNc2nc3ccccc3n2C)c(=O)n1CC. The van der Waals surface area contributed by atoms with Crippen LogP contribution in [0.5, 0.6) is 0 Å². The van der Waals surface area contributed by atoms with Gasteiger partial charge in [0.2, 0.25) is 5.95 Å². The number of ether oxygens (including phenoxy) is 1. The van der Waals surface area contributed by atoms with E-state index in [1.807, 2.05) is 41.9 Å². The number of para-hydroxylation sites is 2. The number of thiazole rings is 1. The van der Waals surface area contributed by atoms with Gasteiger partial charge >= 0.3 is 5.97 Å². The molecule has 0 aliphatic heterocycles. The zero-order valence-electron chi connectivity index (χ0n) is 15.7. The highest BCUT2D eigenvalue weighted by molar-refractivity contribution is 7.07. The summed E-state index contributed by atoms with van der Waals surface area (Å²) in [6, 6.07) is 9.55. The molecule has 2 aromatic heterocycles. The number of aromatic nitrogens is 3. The van der Waals surface area contributed by atoms with Crippen LogP contribution >= 0.6 is 11.3 Å². The van der Waals surface area contributed by atoms with Crippen molar-refractivity contribution in [2.75, 3.05) is 11.9 Å². The predicted molar refractivity (Wildman–Crippen MR) is 108 cm³/mol. The molecule has 0 aliphatic carbocycles. The molecule has 2 heterocycles. The second-order valence-electron chi connectivity index (χ2n) is 5.80. The molecule has 28 heavy (non-hydrogen) atoms. The van der Waals surface area contributed by atoms with Gasteiger partial charge in [0.05, 0.1) is 17.6 Å². The largest absolute Gasteiger partial charge is 0.462 e. The first kappa shape index (κ1) is 19.4. The van der Waals surface area contributed by atoms with Gasteiger partial charge in [-0.3, -0.25) is 9.36 Å². The molecular weight excluding hydrogens is 378 g/mol. The Bertz CT molecular complexity index is 1260. The number of benzene rings is 1. The van der Waals surface area contributed by atoms with E-state index in [2.05, 4.69) is 10.3 Å². The number of hydrogen-bond donors (Lipinski definition) is 1. The van der Waals surface area contributed by atoms with Crippen LogP contribution in [0.4, 0.5) is 5.95 Å². The Labute approximate surface area is 164 Å². The third-order valence-corrected chi connectivity index (χ3v) is 5.28. The average Bonchev–Trinajstić information content (AvgIpc) is 3.18. The molecule has 0 spiro atoms. The smallest absolute Gasteiger partial charge is 0.351 e. The first-order valence-electron chi connectivity index (χ1n) is 8.71. The standard InChI is InChI=1S/C19H19N5O3S/c1-4-24-16(25)15(28-17(24)12(10-20)18(26)27-5-2)11-21-19-22-13-8-6-7-9-14(13)23(19)3/h6-9,11H,4-5H2,1-3H3,(H,21,22). The summed E-state index contributed by atoms with van der Waals surface area (Å²) in [6.07, 6.45) is 1.55. The molecule has 0 amide bonds. The minimum atomic E-state index is -0.733. The van der Waals surface area contributed by atoms with Crippen LogP contribution in [-0.4, -0.2) is 26.7 Å². The fourth-order valence-electron chi connectivity index (χ4n) is 2.78. The number of nitrogens with zero attached hydrogens (tertiary/aromatic N) is 4. The zero-order valence-corrected chi connectivity index (χ0v) is 16.5. The summed E-state index contributed by atoms with van der Waals surface area (Å²) < 4.78 is 8.85. The van der Waals surface area contributed by atoms with Crippen molar-refractivity contribution in [3.8, 4) is 6.07 Å². The van der Waals surface area contributed by atoms with E-state index in [0.717, 1.165) is 22.4 Å². The van der Waals surface area contributed by atoms with Crippen molar-refractivity contribution in [2.24, 2.45) is 7.05 Å². The van der Waals surface area contributed by atoms with Gasteiger partial charge in [0.15, 0.2) is 5.57 Å². The molecule has 0 saturated carbocycles. The van der Waals surface area contributed by atoms with Gasteiger partial charge in [-0.2, -0.15) is 5.26 Å². The van der Waals surface area contributed by atoms with Crippen LogP contribution in [0.1, 0.15) is 13.8 Å². The molecule has 144 valence electrons. The van der Waals surface area contributed by atoms with Gasteiger partial charge in [0, 0.05) is 19.8 Å².